The van der Waals surface area contributed by atoms with Crippen LogP contribution in [-0.2, 0) is 10.8 Å². The van der Waals surface area contributed by atoms with Crippen LogP contribution in [0.3, 0.4) is 0 Å². The fraction of sp³-hybridized carbons (Fsp3) is 0.208. The minimum absolute atomic E-state index is 0.00237. The van der Waals surface area contributed by atoms with Crippen LogP contribution in [0.5, 0.6) is 0 Å². The summed E-state index contributed by atoms with van der Waals surface area (Å²) < 4.78 is 4.79. The molecule has 2 aromatic heterocycles. The molecule has 0 N–H and O–H groups in total. The molecular formula is C48H42N4. The van der Waals surface area contributed by atoms with Gasteiger partial charge in [0.05, 0.1) is 40.4 Å². The molecule has 0 aliphatic rings. The van der Waals surface area contributed by atoms with E-state index in [4.69, 9.17) is 6.57 Å². The highest BCUT2D eigenvalue weighted by Crippen LogP contribution is 2.45. The lowest BCUT2D eigenvalue weighted by Crippen LogP contribution is -2.10. The van der Waals surface area contributed by atoms with Crippen molar-refractivity contribution in [1.82, 2.24) is 9.13 Å². The Labute approximate surface area is 306 Å². The van der Waals surface area contributed by atoms with Gasteiger partial charge in [0, 0.05) is 32.8 Å². The molecule has 8 aromatic rings. The summed E-state index contributed by atoms with van der Waals surface area (Å²) in [4.78, 5) is 3.99. The van der Waals surface area contributed by atoms with Crippen LogP contribution in [0.15, 0.2) is 109 Å². The fourth-order valence-electron chi connectivity index (χ4n) is 7.96. The quantitative estimate of drug-likeness (QED) is 0.172. The Morgan fingerprint density at radius 3 is 1.75 bits per heavy atom. The normalized spacial score (nSPS) is 12.2. The second-order valence-electron chi connectivity index (χ2n) is 16.2. The third-order valence-corrected chi connectivity index (χ3v) is 10.7. The summed E-state index contributed by atoms with van der Waals surface area (Å²) in [5.74, 6) is 0. The molecular weight excluding hydrogens is 633 g/mol. The third-order valence-electron chi connectivity index (χ3n) is 10.7. The highest BCUT2D eigenvalue weighted by Gasteiger charge is 2.25. The van der Waals surface area contributed by atoms with E-state index in [2.05, 4.69) is 166 Å². The number of aryl methyl sites for hydroxylation is 2. The van der Waals surface area contributed by atoms with Crippen LogP contribution < -0.4 is 0 Å². The van der Waals surface area contributed by atoms with Gasteiger partial charge in [-0.1, -0.05) is 96.1 Å². The van der Waals surface area contributed by atoms with Crippen molar-refractivity contribution in [2.45, 2.75) is 66.2 Å². The van der Waals surface area contributed by atoms with Gasteiger partial charge in [0.25, 0.3) is 0 Å². The van der Waals surface area contributed by atoms with Crippen molar-refractivity contribution in [2.75, 3.05) is 0 Å². The van der Waals surface area contributed by atoms with Gasteiger partial charge in [-0.3, -0.25) is 0 Å². The minimum Gasteiger partial charge on any atom is -0.309 e. The summed E-state index contributed by atoms with van der Waals surface area (Å²) in [5, 5.41) is 14.5. The zero-order valence-electron chi connectivity index (χ0n) is 31.2. The summed E-state index contributed by atoms with van der Waals surface area (Å²) in [5.41, 5.74) is 14.2. The van der Waals surface area contributed by atoms with Crippen molar-refractivity contribution in [1.29, 1.82) is 5.26 Å². The molecule has 4 nitrogen and oxygen atoms in total. The van der Waals surface area contributed by atoms with Crippen LogP contribution >= 0.6 is 0 Å². The molecule has 0 bridgehead atoms. The zero-order chi connectivity index (χ0) is 36.7. The summed E-state index contributed by atoms with van der Waals surface area (Å²) in [6, 6.07) is 41.3. The van der Waals surface area contributed by atoms with Crippen LogP contribution in [-0.4, -0.2) is 9.13 Å². The summed E-state index contributed by atoms with van der Waals surface area (Å²) in [7, 11) is 0. The van der Waals surface area contributed by atoms with Crippen molar-refractivity contribution in [2.24, 2.45) is 0 Å². The van der Waals surface area contributed by atoms with E-state index in [1.807, 2.05) is 12.1 Å². The molecule has 0 spiro atoms. The average molecular weight is 675 g/mol. The zero-order valence-corrected chi connectivity index (χ0v) is 31.2. The Morgan fingerprint density at radius 2 is 1.17 bits per heavy atom. The SMILES string of the molecule is [C-]#[N+]c1cc(C#N)ccc1-c1cc(-n2c3ccc(C(C)(C)C)cc3c3cc(C(C)(C)C)ccc32)cc2c3ccccc3n(-c3c(C)cccc3C)c12. The lowest BCUT2D eigenvalue weighted by molar-refractivity contribution is 0.590. The summed E-state index contributed by atoms with van der Waals surface area (Å²) in [6.07, 6.45) is 0. The van der Waals surface area contributed by atoms with Gasteiger partial charge in [0.2, 0.25) is 0 Å². The number of hydrogen-bond acceptors (Lipinski definition) is 1. The monoisotopic (exact) mass is 674 g/mol. The molecule has 6 aromatic carbocycles. The number of aromatic nitrogens is 2. The molecule has 0 saturated carbocycles. The molecule has 0 saturated heterocycles. The van der Waals surface area contributed by atoms with Gasteiger partial charge in [0.1, 0.15) is 0 Å². The molecule has 0 atom stereocenters. The first-order chi connectivity index (χ1) is 24.8. The highest BCUT2D eigenvalue weighted by molar-refractivity contribution is 6.16. The molecule has 0 aliphatic heterocycles. The first-order valence-corrected chi connectivity index (χ1v) is 18.0. The number of fused-ring (bicyclic) bond motifs is 6. The maximum absolute atomic E-state index is 9.79. The number of para-hydroxylation sites is 2. The van der Waals surface area contributed by atoms with Gasteiger partial charge >= 0.3 is 0 Å². The van der Waals surface area contributed by atoms with Crippen LogP contribution in [0, 0.1) is 31.8 Å². The lowest BCUT2D eigenvalue weighted by atomic mass is 9.85. The van der Waals surface area contributed by atoms with E-state index in [9.17, 15) is 5.26 Å². The number of nitrogens with zero attached hydrogens (tertiary/aromatic N) is 4. The molecule has 2 heterocycles. The van der Waals surface area contributed by atoms with Crippen molar-refractivity contribution in [3.63, 3.8) is 0 Å². The molecule has 0 aliphatic carbocycles. The standard InChI is InChI=1S/C48H42N4/c1-29-13-12-14-30(2)45(29)52-42-16-11-10-15-36(42)40-27-34(26-39(46(40)52)35-20-17-31(28-49)23-41(35)50-9)51-43-21-18-32(47(3,4)5)24-37(43)38-25-33(48(6,7)8)19-22-44(38)51/h10-27H,1-8H3. The van der Waals surface area contributed by atoms with Gasteiger partial charge in [-0.2, -0.15) is 5.26 Å². The Balaban J connectivity index is 1.58. The molecule has 0 radical (unpaired) electrons. The maximum Gasteiger partial charge on any atom is 0.196 e. The van der Waals surface area contributed by atoms with E-state index in [0.29, 0.717) is 11.3 Å². The highest BCUT2D eigenvalue weighted by atomic mass is 15.0. The van der Waals surface area contributed by atoms with Crippen LogP contribution in [0.4, 0.5) is 5.69 Å². The van der Waals surface area contributed by atoms with E-state index in [1.54, 1.807) is 6.07 Å². The number of nitriles is 1. The van der Waals surface area contributed by atoms with Crippen LogP contribution in [0.25, 0.3) is 71.0 Å². The van der Waals surface area contributed by atoms with E-state index in [0.717, 1.165) is 55.3 Å². The predicted octanol–water partition coefficient (Wildman–Crippen LogP) is 13.2. The average Bonchev–Trinajstić information content (AvgIpc) is 3.62. The molecule has 8 rings (SSSR count). The lowest BCUT2D eigenvalue weighted by Gasteiger charge is -2.20. The first-order valence-electron chi connectivity index (χ1n) is 18.0. The Morgan fingerprint density at radius 1 is 0.577 bits per heavy atom. The second kappa shape index (κ2) is 11.7. The topological polar surface area (TPSA) is 38.0 Å². The van der Waals surface area contributed by atoms with Gasteiger partial charge in [0.15, 0.2) is 5.69 Å². The predicted molar refractivity (Wildman–Crippen MR) is 218 cm³/mol. The van der Waals surface area contributed by atoms with Crippen molar-refractivity contribution < 1.29 is 0 Å². The molecule has 52 heavy (non-hydrogen) atoms. The van der Waals surface area contributed by atoms with Crippen molar-refractivity contribution >= 4 is 49.3 Å². The van der Waals surface area contributed by atoms with Gasteiger partial charge in [-0.15, -0.1) is 0 Å². The van der Waals surface area contributed by atoms with E-state index in [1.165, 1.54) is 33.0 Å². The first kappa shape index (κ1) is 33.1. The Bertz CT molecular complexity index is 2760. The molecule has 0 fully saturated rings. The van der Waals surface area contributed by atoms with Crippen LogP contribution in [0.2, 0.25) is 0 Å². The van der Waals surface area contributed by atoms with Crippen molar-refractivity contribution in [3.8, 4) is 28.6 Å². The summed E-state index contributed by atoms with van der Waals surface area (Å²) in [6.45, 7) is 26.2. The van der Waals surface area contributed by atoms with E-state index in [-0.39, 0.29) is 10.8 Å². The Hall–Kier alpha value is -6.10. The smallest absolute Gasteiger partial charge is 0.196 e. The Kier molecular flexibility index (Phi) is 7.46. The fourth-order valence-corrected chi connectivity index (χ4v) is 7.96. The number of rotatable bonds is 3. The molecule has 254 valence electrons. The van der Waals surface area contributed by atoms with Crippen molar-refractivity contribution in [3.05, 3.63) is 148 Å². The minimum atomic E-state index is -0.00237. The van der Waals surface area contributed by atoms with Crippen LogP contribution in [0.1, 0.15) is 69.4 Å². The number of benzene rings is 6. The second-order valence-corrected chi connectivity index (χ2v) is 16.2. The molecule has 4 heteroatoms. The third kappa shape index (κ3) is 5.10. The van der Waals surface area contributed by atoms with Gasteiger partial charge < -0.3 is 9.13 Å². The van der Waals surface area contributed by atoms with Gasteiger partial charge in [-0.25, -0.2) is 4.85 Å². The largest absolute Gasteiger partial charge is 0.309 e. The van der Waals surface area contributed by atoms with E-state index >= 15 is 0 Å². The molecule has 0 unspecified atom stereocenters. The van der Waals surface area contributed by atoms with E-state index < -0.39 is 0 Å². The summed E-state index contributed by atoms with van der Waals surface area (Å²) >= 11 is 0. The van der Waals surface area contributed by atoms with Gasteiger partial charge in [-0.05, 0) is 113 Å². The maximum atomic E-state index is 9.79. The number of hydrogen-bond donors (Lipinski definition) is 0. The molecule has 0 amide bonds.